The third kappa shape index (κ3) is 4.72. The summed E-state index contributed by atoms with van der Waals surface area (Å²) in [6.07, 6.45) is 3.74. The Bertz CT molecular complexity index is 539. The molecule has 0 bridgehead atoms. The predicted octanol–water partition coefficient (Wildman–Crippen LogP) is 2.48. The van der Waals surface area contributed by atoms with E-state index in [4.69, 9.17) is 4.74 Å². The van der Waals surface area contributed by atoms with E-state index in [0.29, 0.717) is 6.61 Å². The molecule has 2 rings (SSSR count). The smallest absolute Gasteiger partial charge is 0.128 e. The molecule has 2 aromatic heterocycles. The van der Waals surface area contributed by atoms with Crippen LogP contribution in [0.15, 0.2) is 36.7 Å². The van der Waals surface area contributed by atoms with Gasteiger partial charge in [-0.25, -0.2) is 4.98 Å². The van der Waals surface area contributed by atoms with E-state index in [9.17, 15) is 0 Å². The van der Waals surface area contributed by atoms with Gasteiger partial charge in [-0.3, -0.25) is 4.98 Å². The number of hydrogen-bond acceptors (Lipinski definition) is 5. The van der Waals surface area contributed by atoms with E-state index >= 15 is 0 Å². The van der Waals surface area contributed by atoms with Gasteiger partial charge in [-0.1, -0.05) is 6.07 Å². The van der Waals surface area contributed by atoms with Gasteiger partial charge in [0, 0.05) is 39.1 Å². The monoisotopic (exact) mass is 286 g/mol. The van der Waals surface area contributed by atoms with E-state index in [2.05, 4.69) is 26.3 Å². The Balaban J connectivity index is 1.88. The lowest BCUT2D eigenvalue weighted by molar-refractivity contribution is 0.206. The molecular formula is C16H22N4O. The van der Waals surface area contributed by atoms with Crippen LogP contribution in [0.5, 0.6) is 0 Å². The van der Waals surface area contributed by atoms with Crippen LogP contribution in [0.25, 0.3) is 0 Å². The molecule has 5 nitrogen and oxygen atoms in total. The topological polar surface area (TPSA) is 50.3 Å². The first-order valence-electron chi connectivity index (χ1n) is 7.00. The molecular weight excluding hydrogens is 264 g/mol. The predicted molar refractivity (Wildman–Crippen MR) is 85.7 cm³/mol. The van der Waals surface area contributed by atoms with Crippen LogP contribution in [-0.2, 0) is 11.3 Å². The average molecular weight is 286 g/mol. The molecule has 2 aromatic rings. The molecule has 0 aliphatic carbocycles. The molecule has 2 heterocycles. The second kappa shape index (κ2) is 7.59. The Hall–Kier alpha value is -2.14. The molecule has 0 saturated carbocycles. The Labute approximate surface area is 126 Å². The van der Waals surface area contributed by atoms with Crippen molar-refractivity contribution >= 4 is 11.5 Å². The number of aryl methyl sites for hydroxylation is 1. The van der Waals surface area contributed by atoms with E-state index in [1.54, 1.807) is 7.11 Å². The van der Waals surface area contributed by atoms with Crippen LogP contribution in [-0.4, -0.2) is 37.3 Å². The average Bonchev–Trinajstić information content (AvgIpc) is 2.52. The zero-order valence-corrected chi connectivity index (χ0v) is 12.8. The van der Waals surface area contributed by atoms with Crippen LogP contribution >= 0.6 is 0 Å². The van der Waals surface area contributed by atoms with Crippen molar-refractivity contribution in [1.29, 1.82) is 0 Å². The summed E-state index contributed by atoms with van der Waals surface area (Å²) in [5.41, 5.74) is 3.17. The van der Waals surface area contributed by atoms with Gasteiger partial charge in [-0.2, -0.15) is 0 Å². The normalized spacial score (nSPS) is 10.4. The van der Waals surface area contributed by atoms with Gasteiger partial charge < -0.3 is 15.0 Å². The molecule has 0 aliphatic heterocycles. The molecule has 0 fully saturated rings. The second-order valence-electron chi connectivity index (χ2n) is 4.98. The minimum atomic E-state index is 0.696. The Kier molecular flexibility index (Phi) is 5.51. The van der Waals surface area contributed by atoms with E-state index in [1.165, 1.54) is 0 Å². The van der Waals surface area contributed by atoms with Crippen molar-refractivity contribution in [2.75, 3.05) is 37.5 Å². The molecule has 0 saturated heterocycles. The molecule has 21 heavy (non-hydrogen) atoms. The zero-order valence-electron chi connectivity index (χ0n) is 12.8. The molecule has 0 unspecified atom stereocenters. The minimum absolute atomic E-state index is 0.696. The number of ether oxygens (including phenoxy) is 1. The molecule has 1 N–H and O–H groups in total. The Morgan fingerprint density at radius 1 is 1.14 bits per heavy atom. The number of aromatic nitrogens is 2. The maximum atomic E-state index is 5.07. The fraction of sp³-hybridized carbons (Fsp3) is 0.375. The third-order valence-corrected chi connectivity index (χ3v) is 3.24. The maximum Gasteiger partial charge on any atom is 0.128 e. The van der Waals surface area contributed by atoms with Crippen molar-refractivity contribution in [3.8, 4) is 0 Å². The third-order valence-electron chi connectivity index (χ3n) is 3.24. The second-order valence-corrected chi connectivity index (χ2v) is 4.98. The minimum Gasteiger partial charge on any atom is -0.383 e. The van der Waals surface area contributed by atoms with Crippen molar-refractivity contribution < 1.29 is 4.74 Å². The summed E-state index contributed by atoms with van der Waals surface area (Å²) in [5, 5.41) is 3.34. The quantitative estimate of drug-likeness (QED) is 0.847. The highest BCUT2D eigenvalue weighted by atomic mass is 16.5. The first-order chi connectivity index (χ1) is 10.2. The van der Waals surface area contributed by atoms with Crippen molar-refractivity contribution in [3.05, 3.63) is 47.9 Å². The van der Waals surface area contributed by atoms with Gasteiger partial charge in [-0.05, 0) is 30.7 Å². The number of methoxy groups -OCH3 is 1. The molecule has 0 radical (unpaired) electrons. The Morgan fingerprint density at radius 2 is 2.00 bits per heavy atom. The van der Waals surface area contributed by atoms with Gasteiger partial charge in [0.05, 0.1) is 18.5 Å². The van der Waals surface area contributed by atoms with Crippen LogP contribution in [0.4, 0.5) is 11.5 Å². The lowest BCUT2D eigenvalue weighted by Crippen LogP contribution is -2.22. The Morgan fingerprint density at radius 3 is 2.62 bits per heavy atom. The van der Waals surface area contributed by atoms with Crippen LogP contribution in [0.3, 0.4) is 0 Å². The SMILES string of the molecule is COCCN(C)c1ccc(CNc2ccc(C)nc2)cn1. The molecule has 0 aromatic carbocycles. The first kappa shape index (κ1) is 15.3. The van der Waals surface area contributed by atoms with E-state index < -0.39 is 0 Å². The highest BCUT2D eigenvalue weighted by molar-refractivity contribution is 5.43. The lowest BCUT2D eigenvalue weighted by Gasteiger charge is -2.17. The highest BCUT2D eigenvalue weighted by Crippen LogP contribution is 2.11. The van der Waals surface area contributed by atoms with Crippen molar-refractivity contribution in [2.45, 2.75) is 13.5 Å². The summed E-state index contributed by atoms with van der Waals surface area (Å²) in [6.45, 7) is 4.24. The molecule has 0 atom stereocenters. The van der Waals surface area contributed by atoms with E-state index in [0.717, 1.165) is 35.9 Å². The van der Waals surface area contributed by atoms with Gasteiger partial charge in [0.2, 0.25) is 0 Å². The first-order valence-corrected chi connectivity index (χ1v) is 7.00. The van der Waals surface area contributed by atoms with Crippen molar-refractivity contribution in [2.24, 2.45) is 0 Å². The van der Waals surface area contributed by atoms with Crippen LogP contribution in [0.1, 0.15) is 11.3 Å². The summed E-state index contributed by atoms with van der Waals surface area (Å²) in [7, 11) is 3.72. The van der Waals surface area contributed by atoms with Crippen LogP contribution < -0.4 is 10.2 Å². The zero-order chi connectivity index (χ0) is 15.1. The maximum absolute atomic E-state index is 5.07. The van der Waals surface area contributed by atoms with Gasteiger partial charge >= 0.3 is 0 Å². The standard InChI is InChI=1S/C16H22N4O/c1-13-4-6-15(12-17-13)18-10-14-5-7-16(19-11-14)20(2)8-9-21-3/h4-7,11-12,18H,8-10H2,1-3H3. The highest BCUT2D eigenvalue weighted by Gasteiger charge is 2.02. The summed E-state index contributed by atoms with van der Waals surface area (Å²) in [5.74, 6) is 0.952. The number of likely N-dealkylation sites (N-methyl/N-ethyl adjacent to an activating group) is 1. The number of pyridine rings is 2. The fourth-order valence-electron chi connectivity index (χ4n) is 1.87. The number of anilines is 2. The number of rotatable bonds is 7. The van der Waals surface area contributed by atoms with Crippen LogP contribution in [0.2, 0.25) is 0 Å². The summed E-state index contributed by atoms with van der Waals surface area (Å²) in [6, 6.07) is 8.14. The lowest BCUT2D eigenvalue weighted by atomic mass is 10.2. The number of nitrogens with zero attached hydrogens (tertiary/aromatic N) is 3. The van der Waals surface area contributed by atoms with Gasteiger partial charge in [0.25, 0.3) is 0 Å². The number of nitrogens with one attached hydrogen (secondary N) is 1. The van der Waals surface area contributed by atoms with Gasteiger partial charge in [0.1, 0.15) is 5.82 Å². The molecule has 0 spiro atoms. The van der Waals surface area contributed by atoms with Crippen LogP contribution in [0, 0.1) is 6.92 Å². The van der Waals surface area contributed by atoms with Gasteiger partial charge in [-0.15, -0.1) is 0 Å². The summed E-state index contributed by atoms with van der Waals surface area (Å²) in [4.78, 5) is 10.8. The number of hydrogen-bond donors (Lipinski definition) is 1. The molecule has 0 amide bonds. The van der Waals surface area contributed by atoms with E-state index in [-0.39, 0.29) is 0 Å². The van der Waals surface area contributed by atoms with Gasteiger partial charge in [0.15, 0.2) is 0 Å². The van der Waals surface area contributed by atoms with Crippen molar-refractivity contribution in [3.63, 3.8) is 0 Å². The molecule has 112 valence electrons. The summed E-state index contributed by atoms with van der Waals surface area (Å²) < 4.78 is 5.07. The van der Waals surface area contributed by atoms with E-state index in [1.807, 2.05) is 44.6 Å². The largest absolute Gasteiger partial charge is 0.383 e. The summed E-state index contributed by atoms with van der Waals surface area (Å²) >= 11 is 0. The molecule has 5 heteroatoms. The molecule has 0 aliphatic rings. The fourth-order valence-corrected chi connectivity index (χ4v) is 1.87. The van der Waals surface area contributed by atoms with Crippen molar-refractivity contribution in [1.82, 2.24) is 9.97 Å².